The topological polar surface area (TPSA) is 157 Å². The SMILES string of the molecule is O=P(O)(O)OC[C@@]1(O)O[C@H]([C@@H](O)C(F)(F)C(F)(F)C(F)(F)C(F)(F)Cl)[C@@H](O)[C@@H]1O. The predicted molar refractivity (Wildman–Crippen MR) is 71.5 cm³/mol. The third-order valence-corrected chi connectivity index (χ3v) is 4.46. The van der Waals surface area contributed by atoms with E-state index in [0.717, 1.165) is 0 Å². The Hall–Kier alpha value is -0.360. The molecule has 19 heteroatoms. The number of halogens is 9. The van der Waals surface area contributed by atoms with Crippen molar-refractivity contribution < 1.29 is 79.2 Å². The van der Waals surface area contributed by atoms with Crippen LogP contribution in [0.15, 0.2) is 0 Å². The van der Waals surface area contributed by atoms with Crippen LogP contribution in [0.4, 0.5) is 35.1 Å². The van der Waals surface area contributed by atoms with Crippen LogP contribution in [0.25, 0.3) is 0 Å². The Morgan fingerprint density at radius 3 is 1.90 bits per heavy atom. The fourth-order valence-electron chi connectivity index (χ4n) is 2.15. The predicted octanol–water partition coefficient (Wildman–Crippen LogP) is 0.00330. The Bertz CT molecular complexity index is 658. The molecule has 0 aromatic carbocycles. The number of aliphatic hydroxyl groups excluding tert-OH is 3. The van der Waals surface area contributed by atoms with Gasteiger partial charge < -0.3 is 34.9 Å². The molecule has 29 heavy (non-hydrogen) atoms. The van der Waals surface area contributed by atoms with Gasteiger partial charge in [-0.25, -0.2) is 4.57 Å². The second-order valence-electron chi connectivity index (χ2n) is 5.84. The van der Waals surface area contributed by atoms with Crippen LogP contribution in [-0.2, 0) is 13.8 Å². The van der Waals surface area contributed by atoms with Crippen molar-refractivity contribution >= 4 is 19.4 Å². The molecular weight excluding hydrogens is 483 g/mol. The molecule has 1 aliphatic heterocycles. The Balaban J connectivity index is 3.22. The molecule has 0 saturated carbocycles. The zero-order chi connectivity index (χ0) is 23.4. The third-order valence-electron chi connectivity index (χ3n) is 3.75. The minimum atomic E-state index is -7.07. The van der Waals surface area contributed by atoms with Crippen LogP contribution in [0.1, 0.15) is 0 Å². The van der Waals surface area contributed by atoms with E-state index in [2.05, 4.69) is 20.9 Å². The number of aliphatic hydroxyl groups is 4. The van der Waals surface area contributed by atoms with Gasteiger partial charge in [-0.05, 0) is 11.6 Å². The molecule has 0 radical (unpaired) electrons. The molecular formula is C10H12ClF8O9P. The van der Waals surface area contributed by atoms with E-state index in [0.29, 0.717) is 0 Å². The summed E-state index contributed by atoms with van der Waals surface area (Å²) < 4.78 is 124. The molecule has 0 unspecified atom stereocenters. The summed E-state index contributed by atoms with van der Waals surface area (Å²) in [5.74, 6) is -24.1. The van der Waals surface area contributed by atoms with Crippen LogP contribution < -0.4 is 0 Å². The van der Waals surface area contributed by atoms with E-state index in [4.69, 9.17) is 9.79 Å². The van der Waals surface area contributed by atoms with Gasteiger partial charge >= 0.3 is 31.0 Å². The third kappa shape index (κ3) is 4.63. The first-order valence-corrected chi connectivity index (χ1v) is 8.78. The normalized spacial score (nSPS) is 31.2. The van der Waals surface area contributed by atoms with E-state index >= 15 is 0 Å². The Labute approximate surface area is 159 Å². The largest absolute Gasteiger partial charge is 0.469 e. The minimum Gasteiger partial charge on any atom is -0.387 e. The summed E-state index contributed by atoms with van der Waals surface area (Å²) in [5.41, 5.74) is 0. The monoisotopic (exact) mass is 494 g/mol. The van der Waals surface area contributed by atoms with E-state index in [1.165, 1.54) is 0 Å². The van der Waals surface area contributed by atoms with Crippen LogP contribution >= 0.6 is 19.4 Å². The fraction of sp³-hybridized carbons (Fsp3) is 1.00. The Morgan fingerprint density at radius 2 is 1.52 bits per heavy atom. The van der Waals surface area contributed by atoms with Crippen LogP contribution in [-0.4, -0.2) is 90.2 Å². The van der Waals surface area contributed by atoms with Crippen molar-refractivity contribution in [2.24, 2.45) is 0 Å². The summed E-state index contributed by atoms with van der Waals surface area (Å²) in [4.78, 5) is 16.9. The summed E-state index contributed by atoms with van der Waals surface area (Å²) in [7, 11) is -5.41. The smallest absolute Gasteiger partial charge is 0.387 e. The standard InChI is InChI=1S/C10H12ClF8O9P/c11-10(18,19)9(16,17)8(14,15)7(12,13)5(22)3-2(20)4(21)6(23,28-3)1-27-29(24,25)26/h2-5,20-23H,1H2,(H2,24,25,26)/t2-,3+,4+,5-,6-/m1/s1. The number of hydrogen-bond acceptors (Lipinski definition) is 7. The number of hydrogen-bond donors (Lipinski definition) is 6. The molecule has 0 spiro atoms. The molecule has 0 bridgehead atoms. The zero-order valence-corrected chi connectivity index (χ0v) is 14.9. The molecule has 0 aromatic rings. The van der Waals surface area contributed by atoms with E-state index in [1.807, 2.05) is 0 Å². The van der Waals surface area contributed by atoms with Gasteiger partial charge in [0.1, 0.15) is 24.9 Å². The van der Waals surface area contributed by atoms with Crippen molar-refractivity contribution in [1.29, 1.82) is 0 Å². The number of phosphoric acid groups is 1. The Morgan fingerprint density at radius 1 is 1.07 bits per heavy atom. The van der Waals surface area contributed by atoms with Crippen LogP contribution in [0, 0.1) is 0 Å². The van der Waals surface area contributed by atoms with Gasteiger partial charge in [0.25, 0.3) is 0 Å². The van der Waals surface area contributed by atoms with Gasteiger partial charge in [-0.15, -0.1) is 0 Å². The minimum absolute atomic E-state index is 1.80. The molecule has 5 atom stereocenters. The van der Waals surface area contributed by atoms with Crippen LogP contribution in [0.2, 0.25) is 0 Å². The first-order chi connectivity index (χ1) is 12.5. The van der Waals surface area contributed by atoms with Crippen molar-refractivity contribution in [2.75, 3.05) is 6.61 Å². The molecule has 6 N–H and O–H groups in total. The summed E-state index contributed by atoms with van der Waals surface area (Å²) in [6.07, 6.45) is -13.4. The lowest BCUT2D eigenvalue weighted by Crippen LogP contribution is -2.66. The molecule has 1 heterocycles. The lowest BCUT2D eigenvalue weighted by molar-refractivity contribution is -0.374. The highest BCUT2D eigenvalue weighted by molar-refractivity contribution is 7.46. The first-order valence-electron chi connectivity index (χ1n) is 6.87. The summed E-state index contributed by atoms with van der Waals surface area (Å²) >= 11 is 3.73. The Kier molecular flexibility index (Phi) is 7.04. The van der Waals surface area contributed by atoms with Crippen LogP contribution in [0.3, 0.4) is 0 Å². The highest BCUT2D eigenvalue weighted by atomic mass is 35.5. The molecule has 1 aliphatic rings. The average molecular weight is 495 g/mol. The molecule has 174 valence electrons. The van der Waals surface area contributed by atoms with Gasteiger partial charge in [-0.1, -0.05) is 0 Å². The number of phosphoric ester groups is 1. The van der Waals surface area contributed by atoms with Crippen molar-refractivity contribution in [3.05, 3.63) is 0 Å². The van der Waals surface area contributed by atoms with Crippen molar-refractivity contribution in [2.45, 2.75) is 53.4 Å². The van der Waals surface area contributed by atoms with E-state index in [-0.39, 0.29) is 0 Å². The highest BCUT2D eigenvalue weighted by Gasteiger charge is 2.83. The summed E-state index contributed by atoms with van der Waals surface area (Å²) in [6, 6.07) is 0. The van der Waals surface area contributed by atoms with Gasteiger partial charge in [0.05, 0.1) is 0 Å². The van der Waals surface area contributed by atoms with Gasteiger partial charge in [-0.2, -0.15) is 35.1 Å². The number of rotatable bonds is 8. The molecule has 9 nitrogen and oxygen atoms in total. The van der Waals surface area contributed by atoms with E-state index in [9.17, 15) is 60.1 Å². The van der Waals surface area contributed by atoms with Crippen molar-refractivity contribution in [3.8, 4) is 0 Å². The molecule has 1 saturated heterocycles. The second kappa shape index (κ2) is 7.65. The molecule has 0 amide bonds. The van der Waals surface area contributed by atoms with Gasteiger partial charge in [0.2, 0.25) is 5.79 Å². The quantitative estimate of drug-likeness (QED) is 0.155. The summed E-state index contributed by atoms with van der Waals surface area (Å²) in [6.45, 7) is -1.80. The second-order valence-corrected chi connectivity index (χ2v) is 7.56. The average Bonchev–Trinajstić information content (AvgIpc) is 2.75. The highest BCUT2D eigenvalue weighted by Crippen LogP contribution is 2.56. The van der Waals surface area contributed by atoms with Gasteiger partial charge in [0.15, 0.2) is 6.10 Å². The summed E-state index contributed by atoms with van der Waals surface area (Å²) in [5, 5.41) is 31.8. The maximum Gasteiger partial charge on any atom is 0.469 e. The number of ether oxygens (including phenoxy) is 1. The first kappa shape index (κ1) is 26.7. The lowest BCUT2D eigenvalue weighted by atomic mass is 9.93. The maximum absolute atomic E-state index is 13.8. The van der Waals surface area contributed by atoms with Gasteiger partial charge in [0, 0.05) is 0 Å². The van der Waals surface area contributed by atoms with Gasteiger partial charge in [-0.3, -0.25) is 4.52 Å². The van der Waals surface area contributed by atoms with E-state index < -0.39 is 67.8 Å². The molecule has 0 aliphatic carbocycles. The number of alkyl halides is 9. The van der Waals surface area contributed by atoms with E-state index in [1.54, 1.807) is 0 Å². The van der Waals surface area contributed by atoms with Crippen LogP contribution in [0.5, 0.6) is 0 Å². The lowest BCUT2D eigenvalue weighted by Gasteiger charge is -2.38. The maximum atomic E-state index is 13.8. The zero-order valence-electron chi connectivity index (χ0n) is 13.3. The van der Waals surface area contributed by atoms with Crippen molar-refractivity contribution in [3.63, 3.8) is 0 Å². The molecule has 1 rings (SSSR count). The van der Waals surface area contributed by atoms with Crippen molar-refractivity contribution in [1.82, 2.24) is 0 Å². The molecule has 1 fully saturated rings. The fourth-order valence-corrected chi connectivity index (χ4v) is 2.62. The molecule has 0 aromatic heterocycles.